The predicted molar refractivity (Wildman–Crippen MR) is 390 cm³/mol. The predicted octanol–water partition coefficient (Wildman–Crippen LogP) is 24.4. The lowest BCUT2D eigenvalue weighted by Crippen LogP contribution is -2.18. The maximum atomic E-state index is 2.47. The molecule has 5 aromatic carbocycles. The van der Waals surface area contributed by atoms with Gasteiger partial charge in [0.05, 0.1) is 0 Å². The van der Waals surface area contributed by atoms with Crippen molar-refractivity contribution >= 4 is 11.1 Å². The Kier molecular flexibility index (Phi) is 19.8. The highest BCUT2D eigenvalue weighted by atomic mass is 14.4. The van der Waals surface area contributed by atoms with Gasteiger partial charge in [0.2, 0.25) is 0 Å². The lowest BCUT2D eigenvalue weighted by Gasteiger charge is -2.32. The van der Waals surface area contributed by atoms with Crippen LogP contribution in [0.15, 0.2) is 269 Å². The summed E-state index contributed by atoms with van der Waals surface area (Å²) in [5, 5.41) is 0. The van der Waals surface area contributed by atoms with Crippen molar-refractivity contribution in [1.82, 2.24) is 0 Å². The third-order valence-corrected chi connectivity index (χ3v) is 22.5. The largest absolute Gasteiger partial charge is 0.0729 e. The molecule has 3 saturated carbocycles. The van der Waals surface area contributed by atoms with Gasteiger partial charge < -0.3 is 0 Å². The van der Waals surface area contributed by atoms with E-state index in [0.717, 1.165) is 61.7 Å². The molecule has 0 heteroatoms. The molecule has 5 aromatic rings. The number of rotatable bonds is 14. The third-order valence-electron chi connectivity index (χ3n) is 22.5. The highest BCUT2D eigenvalue weighted by molar-refractivity contribution is 5.80. The lowest BCUT2D eigenvalue weighted by atomic mass is 9.74. The Bertz CT molecular complexity index is 3880. The fraction of sp³-hybridized carbons (Fsp3) is 0.363. The van der Waals surface area contributed by atoms with Gasteiger partial charge in [0.25, 0.3) is 0 Å². The number of allylic oxidation sites excluding steroid dienone is 28. The Balaban J connectivity index is 0.000000125. The number of fused-ring (bicyclic) bond motifs is 3. The highest BCUT2D eigenvalue weighted by Gasteiger charge is 2.31. The van der Waals surface area contributed by atoms with E-state index in [1.807, 2.05) is 0 Å². The maximum Gasteiger partial charge on any atom is 0.0281 e. The Morgan fingerprint density at radius 2 is 0.835 bits per heavy atom. The van der Waals surface area contributed by atoms with Gasteiger partial charge >= 0.3 is 0 Å². The minimum absolute atomic E-state index is 0.402. The van der Waals surface area contributed by atoms with E-state index in [1.165, 1.54) is 196 Å². The average molecular weight is 1190 g/mol. The first-order chi connectivity index (χ1) is 44.6. The summed E-state index contributed by atoms with van der Waals surface area (Å²) in [5.74, 6) is 5.35. The fourth-order valence-corrected chi connectivity index (χ4v) is 16.9. The summed E-state index contributed by atoms with van der Waals surface area (Å²) >= 11 is 0. The second kappa shape index (κ2) is 29.0. The lowest BCUT2D eigenvalue weighted by molar-refractivity contribution is 0.258. The van der Waals surface area contributed by atoms with Crippen molar-refractivity contribution in [2.75, 3.05) is 0 Å². The summed E-state index contributed by atoms with van der Waals surface area (Å²) in [6, 6.07) is 44.4. The van der Waals surface area contributed by atoms with Gasteiger partial charge in [0.15, 0.2) is 0 Å². The van der Waals surface area contributed by atoms with E-state index < -0.39 is 0 Å². The Labute approximate surface area is 548 Å². The van der Waals surface area contributed by atoms with Crippen molar-refractivity contribution in [3.05, 3.63) is 330 Å². The summed E-state index contributed by atoms with van der Waals surface area (Å²) < 4.78 is 0. The molecule has 3 atom stereocenters. The van der Waals surface area contributed by atoms with Crippen LogP contribution in [-0.4, -0.2) is 0 Å². The second-order valence-electron chi connectivity index (χ2n) is 28.9. The normalized spacial score (nSPS) is 23.3. The van der Waals surface area contributed by atoms with Crippen LogP contribution in [0.2, 0.25) is 0 Å². The molecule has 0 saturated heterocycles. The van der Waals surface area contributed by atoms with Gasteiger partial charge in [-0.1, -0.05) is 289 Å². The Morgan fingerprint density at radius 1 is 0.396 bits per heavy atom. The summed E-state index contributed by atoms with van der Waals surface area (Å²) in [6.45, 7) is 13.7. The zero-order valence-corrected chi connectivity index (χ0v) is 55.8. The smallest absolute Gasteiger partial charge is 0.0281 e. The molecule has 0 radical (unpaired) electrons. The zero-order valence-electron chi connectivity index (χ0n) is 55.8. The molecule has 0 aliphatic heterocycles. The van der Waals surface area contributed by atoms with E-state index >= 15 is 0 Å². The minimum atomic E-state index is 0.402. The molecule has 0 N–H and O–H groups in total. The van der Waals surface area contributed by atoms with Gasteiger partial charge in [-0.05, 0) is 245 Å². The van der Waals surface area contributed by atoms with Crippen molar-refractivity contribution in [1.29, 1.82) is 0 Å². The molecule has 10 aliphatic rings. The number of hydrogen-bond donors (Lipinski definition) is 0. The van der Waals surface area contributed by atoms with Crippen LogP contribution in [0.3, 0.4) is 0 Å². The van der Waals surface area contributed by atoms with Gasteiger partial charge in [-0.3, -0.25) is 0 Å². The van der Waals surface area contributed by atoms with E-state index in [4.69, 9.17) is 0 Å². The van der Waals surface area contributed by atoms with E-state index in [9.17, 15) is 0 Å². The quantitative estimate of drug-likeness (QED) is 0.104. The van der Waals surface area contributed by atoms with E-state index in [1.54, 1.807) is 16.7 Å². The molecule has 0 nitrogen and oxygen atoms in total. The second-order valence-corrected chi connectivity index (χ2v) is 28.9. The molecule has 464 valence electrons. The van der Waals surface area contributed by atoms with Crippen LogP contribution in [0.5, 0.6) is 0 Å². The molecule has 91 heavy (non-hydrogen) atoms. The molecule has 0 aromatic heterocycles. The summed E-state index contributed by atoms with van der Waals surface area (Å²) in [7, 11) is 0. The van der Waals surface area contributed by atoms with Crippen LogP contribution in [0.1, 0.15) is 203 Å². The van der Waals surface area contributed by atoms with Crippen LogP contribution in [0.4, 0.5) is 0 Å². The van der Waals surface area contributed by atoms with Gasteiger partial charge in [-0.2, -0.15) is 0 Å². The van der Waals surface area contributed by atoms with Crippen molar-refractivity contribution in [3.8, 4) is 0 Å². The van der Waals surface area contributed by atoms with Crippen LogP contribution in [0, 0.1) is 43.4 Å². The maximum absolute atomic E-state index is 2.47. The first-order valence-electron chi connectivity index (χ1n) is 35.8. The monoisotopic (exact) mass is 1190 g/mol. The molecule has 0 spiro atoms. The average Bonchev–Trinajstić information content (AvgIpc) is 3.17. The van der Waals surface area contributed by atoms with Crippen molar-refractivity contribution in [3.63, 3.8) is 0 Å². The molecule has 0 bridgehead atoms. The standard InChI is InChI=1S/C32H38.C30H32.C29H30/c1-21(2)25-11-13-26(14-12-25)29-16-9-24(19-23(29)4)20-28-15-17-31(27-10-8-22(3)18-27)32-7-5-6-30(28)32;1-2-22-11-17-26(18-12-22)29-20-19-27(28-9-6-10-30(28)29)21-23-13-15-25(16-14-23)24-7-4-3-5-8-24;1-21-10-14-25(15-11-21)28-19-18-26(27-8-5-9-29(27)28)20-22-12-16-24(17-13-22)23-6-3-2-4-7-23/h5-7,9-10,15-19,21,25-26,32H,8,11-14,20H2,1-4H3;6,9-20,24,30H,2-5,7-8,21H2,1H3;5,8-19,23,29H,2-4,6-7,20H2,1H3. The number of hydrogen-bond acceptors (Lipinski definition) is 0. The van der Waals surface area contributed by atoms with Crippen LogP contribution >= 0.6 is 0 Å². The van der Waals surface area contributed by atoms with Crippen molar-refractivity contribution < 1.29 is 0 Å². The van der Waals surface area contributed by atoms with Crippen LogP contribution in [0.25, 0.3) is 11.1 Å². The Morgan fingerprint density at radius 3 is 1.29 bits per heavy atom. The van der Waals surface area contributed by atoms with Gasteiger partial charge in [-0.15, -0.1) is 0 Å². The number of benzene rings is 5. The molecule has 3 unspecified atom stereocenters. The van der Waals surface area contributed by atoms with Gasteiger partial charge in [-0.25, -0.2) is 0 Å². The van der Waals surface area contributed by atoms with Crippen molar-refractivity contribution in [2.24, 2.45) is 29.6 Å². The molecule has 0 heterocycles. The molecular weight excluding hydrogens is 1090 g/mol. The molecular formula is C91H100. The Hall–Kier alpha value is -7.54. The zero-order chi connectivity index (χ0) is 62.2. The third kappa shape index (κ3) is 14.6. The molecule has 15 rings (SSSR count). The topological polar surface area (TPSA) is 0 Å². The van der Waals surface area contributed by atoms with Crippen LogP contribution < -0.4 is 0 Å². The first kappa shape index (κ1) is 62.3. The number of aryl methyl sites for hydroxylation is 3. The molecule has 3 fully saturated rings. The van der Waals surface area contributed by atoms with Gasteiger partial charge in [0.1, 0.15) is 0 Å². The van der Waals surface area contributed by atoms with E-state index in [2.05, 4.69) is 260 Å². The fourth-order valence-electron chi connectivity index (χ4n) is 16.9. The molecule has 10 aliphatic carbocycles. The van der Waals surface area contributed by atoms with Gasteiger partial charge in [0, 0.05) is 17.8 Å². The highest BCUT2D eigenvalue weighted by Crippen LogP contribution is 2.46. The van der Waals surface area contributed by atoms with E-state index in [-0.39, 0.29) is 0 Å². The van der Waals surface area contributed by atoms with Crippen LogP contribution in [-0.2, 0) is 25.7 Å². The molecule has 0 amide bonds. The summed E-state index contributed by atoms with van der Waals surface area (Å²) in [5.41, 5.74) is 32.0. The van der Waals surface area contributed by atoms with E-state index in [0.29, 0.717) is 17.8 Å². The first-order valence-corrected chi connectivity index (χ1v) is 35.8. The van der Waals surface area contributed by atoms with Crippen molar-refractivity contribution in [2.45, 2.75) is 181 Å². The summed E-state index contributed by atoms with van der Waals surface area (Å²) in [6.07, 6.45) is 64.4. The summed E-state index contributed by atoms with van der Waals surface area (Å²) in [4.78, 5) is 0. The minimum Gasteiger partial charge on any atom is -0.0729 e. The SMILES string of the molecule is CC1=CC(C2=CC=C(Cc3ccc(C4CCC(C(C)C)CC4)c(C)c3)C3=CC=CC23)=CC1.CCc1ccc(C2=CC=C(Cc3ccc(C4CCCCC4)cc3)C3=CC=CC32)cc1.Cc1ccc(C2=CC=C(Cc3ccc(C4CCCCC4)cc3)C3=CC=CC32)cc1.